The maximum Gasteiger partial charge on any atom is 0.453 e. The summed E-state index contributed by atoms with van der Waals surface area (Å²) in [4.78, 5) is -1.33. The van der Waals surface area contributed by atoms with Crippen molar-refractivity contribution < 1.29 is 48.1 Å². The molecule has 0 bridgehead atoms. The number of hydrogen-bond donors (Lipinski definition) is 1. The van der Waals surface area contributed by atoms with E-state index in [1.165, 1.54) is 0 Å². The van der Waals surface area contributed by atoms with Gasteiger partial charge < -0.3 is 4.52 Å². The number of primary sulfonamides is 1. The van der Waals surface area contributed by atoms with Crippen molar-refractivity contribution in [2.75, 3.05) is 0 Å². The van der Waals surface area contributed by atoms with Crippen LogP contribution in [0.25, 0.3) is 22.4 Å². The molecule has 3 aromatic rings. The SMILES string of the molecule is NS(=O)(=O)c1cc(F)c(-c2c(-c3cccc(C(F)(F)F)c3)noc2C(F)(F)F)cc1F. The first kappa shape index (κ1) is 22.7. The Labute approximate surface area is 168 Å². The van der Waals surface area contributed by atoms with Gasteiger partial charge in [-0.1, -0.05) is 17.3 Å². The molecule has 14 heteroatoms. The molecule has 31 heavy (non-hydrogen) atoms. The topological polar surface area (TPSA) is 86.2 Å². The normalized spacial score (nSPS) is 12.9. The zero-order valence-electron chi connectivity index (χ0n) is 14.6. The molecule has 0 saturated carbocycles. The fraction of sp³-hybridized carbons (Fsp3) is 0.118. The molecule has 0 aliphatic carbocycles. The minimum Gasteiger partial charge on any atom is -0.350 e. The molecule has 0 spiro atoms. The zero-order valence-corrected chi connectivity index (χ0v) is 15.5. The van der Waals surface area contributed by atoms with E-state index in [9.17, 15) is 43.5 Å². The molecule has 1 heterocycles. The molecule has 0 atom stereocenters. The molecular formula is C17H8F8N2O3S. The number of halogens is 8. The molecule has 0 saturated heterocycles. The number of nitrogens with two attached hydrogens (primary N) is 1. The van der Waals surface area contributed by atoms with Crippen LogP contribution in [0.15, 0.2) is 45.8 Å². The number of alkyl halides is 6. The van der Waals surface area contributed by atoms with Gasteiger partial charge in [0.15, 0.2) is 0 Å². The number of hydrogen-bond acceptors (Lipinski definition) is 4. The molecule has 2 aromatic carbocycles. The highest BCUT2D eigenvalue weighted by Gasteiger charge is 2.42. The third kappa shape index (κ3) is 4.39. The van der Waals surface area contributed by atoms with Crippen LogP contribution < -0.4 is 5.14 Å². The average Bonchev–Trinajstić information content (AvgIpc) is 3.07. The molecule has 0 aliphatic rings. The summed E-state index contributed by atoms with van der Waals surface area (Å²) in [5.41, 5.74) is -5.03. The zero-order chi connectivity index (χ0) is 23.4. The molecule has 0 aliphatic heterocycles. The third-order valence-corrected chi connectivity index (χ3v) is 4.94. The highest BCUT2D eigenvalue weighted by Crippen LogP contribution is 2.44. The van der Waals surface area contributed by atoms with Gasteiger partial charge in [-0.2, -0.15) is 26.3 Å². The molecule has 0 unspecified atom stereocenters. The second-order valence-electron chi connectivity index (χ2n) is 6.12. The van der Waals surface area contributed by atoms with Gasteiger partial charge in [0.25, 0.3) is 0 Å². The number of aromatic nitrogens is 1. The molecule has 0 fully saturated rings. The van der Waals surface area contributed by atoms with E-state index in [2.05, 4.69) is 9.68 Å². The quantitative estimate of drug-likeness (QED) is 0.546. The van der Waals surface area contributed by atoms with Gasteiger partial charge in [-0.25, -0.2) is 22.3 Å². The lowest BCUT2D eigenvalue weighted by atomic mass is 9.97. The van der Waals surface area contributed by atoms with Gasteiger partial charge in [-0.15, -0.1) is 0 Å². The van der Waals surface area contributed by atoms with Crippen molar-refractivity contribution in [2.24, 2.45) is 5.14 Å². The Bertz CT molecular complexity index is 1260. The Morgan fingerprint density at radius 2 is 1.55 bits per heavy atom. The maximum absolute atomic E-state index is 14.6. The standard InChI is InChI=1S/C17H8F8N2O3S/c18-10-6-12(31(26,28)29)11(19)5-9(10)13-14(27-30-15(13)17(23,24)25)7-2-1-3-8(4-7)16(20,21)22/h1-6H,(H2,26,28,29). The van der Waals surface area contributed by atoms with Crippen molar-refractivity contribution in [1.29, 1.82) is 0 Å². The Morgan fingerprint density at radius 3 is 2.10 bits per heavy atom. The molecular weight excluding hydrogens is 464 g/mol. The Morgan fingerprint density at radius 1 is 0.903 bits per heavy atom. The minimum atomic E-state index is -5.30. The number of rotatable bonds is 3. The summed E-state index contributed by atoms with van der Waals surface area (Å²) in [7, 11) is -4.77. The van der Waals surface area contributed by atoms with Gasteiger partial charge in [-0.3, -0.25) is 0 Å². The highest BCUT2D eigenvalue weighted by atomic mass is 32.2. The summed E-state index contributed by atoms with van der Waals surface area (Å²) in [6.45, 7) is 0. The third-order valence-electron chi connectivity index (χ3n) is 4.01. The average molecular weight is 472 g/mol. The van der Waals surface area contributed by atoms with Gasteiger partial charge in [0.2, 0.25) is 15.8 Å². The Balaban J connectivity index is 2.34. The van der Waals surface area contributed by atoms with Crippen LogP contribution in [-0.2, 0) is 22.4 Å². The molecule has 0 amide bonds. The minimum absolute atomic E-state index is 0.0447. The predicted molar refractivity (Wildman–Crippen MR) is 88.7 cm³/mol. The van der Waals surface area contributed by atoms with Gasteiger partial charge >= 0.3 is 12.4 Å². The lowest BCUT2D eigenvalue weighted by Gasteiger charge is -2.11. The van der Waals surface area contributed by atoms with Crippen LogP contribution >= 0.6 is 0 Å². The molecule has 0 radical (unpaired) electrons. The molecule has 166 valence electrons. The summed E-state index contributed by atoms with van der Waals surface area (Å²) < 4.78 is 135. The molecule has 5 nitrogen and oxygen atoms in total. The van der Waals surface area contributed by atoms with E-state index in [-0.39, 0.29) is 12.1 Å². The van der Waals surface area contributed by atoms with E-state index >= 15 is 0 Å². The van der Waals surface area contributed by atoms with Crippen molar-refractivity contribution >= 4 is 10.0 Å². The smallest absolute Gasteiger partial charge is 0.350 e. The number of benzene rings is 2. The van der Waals surface area contributed by atoms with E-state index in [4.69, 9.17) is 5.14 Å². The second kappa shape index (κ2) is 7.30. The number of nitrogens with zero attached hydrogens (tertiary/aromatic N) is 1. The largest absolute Gasteiger partial charge is 0.453 e. The first-order chi connectivity index (χ1) is 14.1. The van der Waals surface area contributed by atoms with Crippen LogP contribution in [0.1, 0.15) is 11.3 Å². The van der Waals surface area contributed by atoms with Crippen molar-refractivity contribution in [3.8, 4) is 22.4 Å². The monoisotopic (exact) mass is 472 g/mol. The van der Waals surface area contributed by atoms with E-state index in [0.717, 1.165) is 12.1 Å². The summed E-state index contributed by atoms with van der Waals surface area (Å²) in [6.07, 6.45) is -10.2. The van der Waals surface area contributed by atoms with E-state index in [0.29, 0.717) is 12.1 Å². The second-order valence-corrected chi connectivity index (χ2v) is 7.65. The van der Waals surface area contributed by atoms with Crippen molar-refractivity contribution in [3.63, 3.8) is 0 Å². The van der Waals surface area contributed by atoms with Crippen molar-refractivity contribution in [3.05, 3.63) is 59.4 Å². The first-order valence-corrected chi connectivity index (χ1v) is 9.42. The number of sulfonamides is 1. The summed E-state index contributed by atoms with van der Waals surface area (Å²) in [5.74, 6) is -5.28. The van der Waals surface area contributed by atoms with E-state index in [1.807, 2.05) is 0 Å². The maximum atomic E-state index is 14.6. The van der Waals surface area contributed by atoms with E-state index in [1.54, 1.807) is 0 Å². The fourth-order valence-electron chi connectivity index (χ4n) is 2.71. The van der Waals surface area contributed by atoms with Crippen molar-refractivity contribution in [2.45, 2.75) is 17.2 Å². The molecule has 2 N–H and O–H groups in total. The summed E-state index contributed by atoms with van der Waals surface area (Å²) in [5, 5.41) is 7.82. The van der Waals surface area contributed by atoms with Crippen LogP contribution in [0.5, 0.6) is 0 Å². The van der Waals surface area contributed by atoms with Crippen LogP contribution in [0.3, 0.4) is 0 Å². The lowest BCUT2D eigenvalue weighted by Crippen LogP contribution is -2.15. The van der Waals surface area contributed by atoms with Crippen LogP contribution in [0.2, 0.25) is 0 Å². The highest BCUT2D eigenvalue weighted by molar-refractivity contribution is 7.89. The predicted octanol–water partition coefficient (Wildman–Crippen LogP) is 4.97. The van der Waals surface area contributed by atoms with Crippen LogP contribution in [-0.4, -0.2) is 13.6 Å². The van der Waals surface area contributed by atoms with Crippen LogP contribution in [0, 0.1) is 11.6 Å². The van der Waals surface area contributed by atoms with E-state index < -0.39 is 72.6 Å². The summed E-state index contributed by atoms with van der Waals surface area (Å²) in [6, 6.07) is 3.04. The van der Waals surface area contributed by atoms with Gasteiger partial charge in [0, 0.05) is 11.1 Å². The lowest BCUT2D eigenvalue weighted by molar-refractivity contribution is -0.155. The van der Waals surface area contributed by atoms with Crippen LogP contribution in [0.4, 0.5) is 35.1 Å². The fourth-order valence-corrected chi connectivity index (χ4v) is 3.31. The van der Waals surface area contributed by atoms with Gasteiger partial charge in [0.05, 0.1) is 11.1 Å². The van der Waals surface area contributed by atoms with Gasteiger partial charge in [-0.05, 0) is 24.3 Å². The Hall–Kier alpha value is -3.00. The first-order valence-electron chi connectivity index (χ1n) is 7.87. The van der Waals surface area contributed by atoms with Gasteiger partial charge in [0.1, 0.15) is 22.2 Å². The molecule has 1 aromatic heterocycles. The van der Waals surface area contributed by atoms with Crippen molar-refractivity contribution in [1.82, 2.24) is 5.16 Å². The molecule has 3 rings (SSSR count). The Kier molecular flexibility index (Phi) is 5.34. The summed E-state index contributed by atoms with van der Waals surface area (Å²) >= 11 is 0.